The molecule has 1 aromatic carbocycles. The first-order valence-electron chi connectivity index (χ1n) is 4.01. The second kappa shape index (κ2) is 3.05. The number of fused-ring (bicyclic) bond motifs is 1. The molecule has 0 spiro atoms. The molecule has 0 saturated heterocycles. The fraction of sp³-hybridized carbons (Fsp3) is 0. The maximum atomic E-state index is 11.3. The Balaban J connectivity index is 2.90. The van der Waals surface area contributed by atoms with E-state index in [1.165, 1.54) is 12.4 Å². The number of benzene rings is 1. The molecule has 1 heterocycles. The van der Waals surface area contributed by atoms with Crippen LogP contribution >= 0.6 is 0 Å². The highest BCUT2D eigenvalue weighted by molar-refractivity contribution is 5.85. The van der Waals surface area contributed by atoms with Crippen molar-refractivity contribution in [3.8, 4) is 0 Å². The Labute approximate surface area is 82.7 Å². The number of nitro benzene ring substituents is 1. The molecule has 0 aliphatic rings. The number of nitro groups is 1. The van der Waals surface area contributed by atoms with Gasteiger partial charge in [-0.2, -0.15) is 0 Å². The first kappa shape index (κ1) is 9.13. The predicted molar refractivity (Wildman–Crippen MR) is 53.4 cm³/mol. The van der Waals surface area contributed by atoms with E-state index < -0.39 is 10.5 Å². The monoisotopic (exact) mass is 206 g/mol. The third-order valence-corrected chi connectivity index (χ3v) is 1.99. The Bertz CT molecular complexity index is 604. The summed E-state index contributed by atoms with van der Waals surface area (Å²) >= 11 is 0. The number of rotatable bonds is 1. The van der Waals surface area contributed by atoms with Crippen LogP contribution in [-0.2, 0) is 0 Å². The molecular weight excluding hydrogens is 200 g/mol. The van der Waals surface area contributed by atoms with Crippen molar-refractivity contribution < 1.29 is 4.92 Å². The Kier molecular flexibility index (Phi) is 1.86. The number of nitrogen functional groups attached to an aromatic ring is 1. The molecule has 0 saturated carbocycles. The first-order valence-corrected chi connectivity index (χ1v) is 4.01. The van der Waals surface area contributed by atoms with E-state index in [4.69, 9.17) is 5.73 Å². The molecule has 0 aliphatic heterocycles. The fourth-order valence-corrected chi connectivity index (χ4v) is 1.28. The topological polar surface area (TPSA) is 115 Å². The van der Waals surface area contributed by atoms with Crippen molar-refractivity contribution >= 4 is 22.3 Å². The zero-order valence-corrected chi connectivity index (χ0v) is 7.43. The summed E-state index contributed by atoms with van der Waals surface area (Å²) in [7, 11) is 0. The molecule has 0 radical (unpaired) electrons. The quantitative estimate of drug-likeness (QED) is 0.398. The van der Waals surface area contributed by atoms with Crippen LogP contribution < -0.4 is 11.3 Å². The lowest BCUT2D eigenvalue weighted by Crippen LogP contribution is -2.07. The lowest BCUT2D eigenvalue weighted by atomic mass is 10.2. The van der Waals surface area contributed by atoms with Crippen molar-refractivity contribution in [1.82, 2.24) is 9.97 Å². The Morgan fingerprint density at radius 2 is 2.20 bits per heavy atom. The molecule has 0 unspecified atom stereocenters. The summed E-state index contributed by atoms with van der Waals surface area (Å²) in [6.45, 7) is 0. The standard InChI is InChI=1S/C8H6N4O3/c9-5-2-6-4(1-7(5)12(14)15)8(13)11-3-10-6/h1-3H,9H2,(H,10,11,13). The van der Waals surface area contributed by atoms with Crippen LogP contribution in [0.25, 0.3) is 10.9 Å². The predicted octanol–water partition coefficient (Wildman–Crippen LogP) is 0.414. The minimum Gasteiger partial charge on any atom is -0.393 e. The molecule has 7 nitrogen and oxygen atoms in total. The molecule has 2 aromatic rings. The van der Waals surface area contributed by atoms with Crippen LogP contribution in [0.15, 0.2) is 23.3 Å². The second-order valence-corrected chi connectivity index (χ2v) is 2.92. The van der Waals surface area contributed by atoms with Gasteiger partial charge >= 0.3 is 0 Å². The molecule has 1 aromatic heterocycles. The van der Waals surface area contributed by atoms with E-state index in [9.17, 15) is 14.9 Å². The number of nitrogens with one attached hydrogen (secondary N) is 1. The lowest BCUT2D eigenvalue weighted by molar-refractivity contribution is -0.383. The molecule has 0 bridgehead atoms. The summed E-state index contributed by atoms with van der Waals surface area (Å²) in [6.07, 6.45) is 1.22. The largest absolute Gasteiger partial charge is 0.393 e. The van der Waals surface area contributed by atoms with Gasteiger partial charge in [0, 0.05) is 6.07 Å². The zero-order valence-electron chi connectivity index (χ0n) is 7.43. The minimum absolute atomic E-state index is 0.00870. The maximum absolute atomic E-state index is 11.3. The second-order valence-electron chi connectivity index (χ2n) is 2.92. The van der Waals surface area contributed by atoms with E-state index in [0.29, 0.717) is 5.52 Å². The molecule has 7 heteroatoms. The van der Waals surface area contributed by atoms with Gasteiger partial charge in [0.25, 0.3) is 11.2 Å². The number of nitrogens with zero attached hydrogens (tertiary/aromatic N) is 2. The minimum atomic E-state index is -0.638. The smallest absolute Gasteiger partial charge is 0.293 e. The summed E-state index contributed by atoms with van der Waals surface area (Å²) < 4.78 is 0. The van der Waals surface area contributed by atoms with Gasteiger partial charge in [0.2, 0.25) is 0 Å². The highest BCUT2D eigenvalue weighted by atomic mass is 16.6. The third kappa shape index (κ3) is 1.39. The Morgan fingerprint density at radius 3 is 2.87 bits per heavy atom. The van der Waals surface area contributed by atoms with Crippen molar-refractivity contribution in [1.29, 1.82) is 0 Å². The number of aromatic nitrogens is 2. The Hall–Kier alpha value is -2.44. The SMILES string of the molecule is Nc1cc2nc[nH]c(=O)c2cc1[N+](=O)[O-]. The Morgan fingerprint density at radius 1 is 1.47 bits per heavy atom. The molecule has 76 valence electrons. The van der Waals surface area contributed by atoms with Gasteiger partial charge in [-0.25, -0.2) is 4.98 Å². The van der Waals surface area contributed by atoms with Crippen molar-refractivity contribution in [2.45, 2.75) is 0 Å². The van der Waals surface area contributed by atoms with Crippen LogP contribution in [-0.4, -0.2) is 14.9 Å². The summed E-state index contributed by atoms with van der Waals surface area (Å²) in [5.41, 5.74) is 5.05. The zero-order chi connectivity index (χ0) is 11.0. The summed E-state index contributed by atoms with van der Waals surface area (Å²) in [5.74, 6) is 0. The average Bonchev–Trinajstić information content (AvgIpc) is 2.16. The van der Waals surface area contributed by atoms with E-state index in [0.717, 1.165) is 6.07 Å². The van der Waals surface area contributed by atoms with Crippen LogP contribution in [0, 0.1) is 10.1 Å². The fourth-order valence-electron chi connectivity index (χ4n) is 1.28. The van der Waals surface area contributed by atoms with Gasteiger partial charge in [-0.1, -0.05) is 0 Å². The highest BCUT2D eigenvalue weighted by Gasteiger charge is 2.14. The number of anilines is 1. The van der Waals surface area contributed by atoms with E-state index in [1.807, 2.05) is 0 Å². The van der Waals surface area contributed by atoms with E-state index >= 15 is 0 Å². The number of hydrogen-bond acceptors (Lipinski definition) is 5. The third-order valence-electron chi connectivity index (χ3n) is 1.99. The van der Waals surface area contributed by atoms with Crippen LogP contribution in [0.4, 0.5) is 11.4 Å². The number of H-pyrrole nitrogens is 1. The molecule has 3 N–H and O–H groups in total. The van der Waals surface area contributed by atoms with Crippen LogP contribution in [0.5, 0.6) is 0 Å². The van der Waals surface area contributed by atoms with Crippen molar-refractivity contribution in [3.63, 3.8) is 0 Å². The van der Waals surface area contributed by atoms with Crippen LogP contribution in [0.2, 0.25) is 0 Å². The van der Waals surface area contributed by atoms with Gasteiger partial charge in [0.15, 0.2) is 0 Å². The van der Waals surface area contributed by atoms with Crippen molar-refractivity contribution in [2.75, 3.05) is 5.73 Å². The molecule has 0 atom stereocenters. The van der Waals surface area contributed by atoms with E-state index in [2.05, 4.69) is 9.97 Å². The molecule has 2 rings (SSSR count). The summed E-state index contributed by atoms with van der Waals surface area (Å²) in [4.78, 5) is 27.4. The van der Waals surface area contributed by atoms with Crippen molar-refractivity contribution in [2.24, 2.45) is 0 Å². The number of hydrogen-bond donors (Lipinski definition) is 2. The lowest BCUT2D eigenvalue weighted by Gasteiger charge is -1.99. The summed E-state index contributed by atoms with van der Waals surface area (Å²) in [5, 5.41) is 10.7. The van der Waals surface area contributed by atoms with Gasteiger partial charge in [0.05, 0.1) is 22.2 Å². The van der Waals surface area contributed by atoms with Gasteiger partial charge in [-0.15, -0.1) is 0 Å². The molecule has 15 heavy (non-hydrogen) atoms. The van der Waals surface area contributed by atoms with Gasteiger partial charge in [0.1, 0.15) is 5.69 Å². The molecule has 0 aliphatic carbocycles. The van der Waals surface area contributed by atoms with Crippen molar-refractivity contribution in [3.05, 3.63) is 38.9 Å². The first-order chi connectivity index (χ1) is 7.09. The van der Waals surface area contributed by atoms with Gasteiger partial charge in [-0.3, -0.25) is 14.9 Å². The molecule has 0 fully saturated rings. The highest BCUT2D eigenvalue weighted by Crippen LogP contribution is 2.24. The molecular formula is C8H6N4O3. The van der Waals surface area contributed by atoms with Gasteiger partial charge in [-0.05, 0) is 6.07 Å². The normalized spacial score (nSPS) is 10.4. The van der Waals surface area contributed by atoms with E-state index in [-0.39, 0.29) is 16.8 Å². The van der Waals surface area contributed by atoms with Crippen LogP contribution in [0.3, 0.4) is 0 Å². The van der Waals surface area contributed by atoms with Gasteiger partial charge < -0.3 is 10.7 Å². The molecule has 0 amide bonds. The number of aromatic amines is 1. The summed E-state index contributed by atoms with van der Waals surface area (Å²) in [6, 6.07) is 2.43. The van der Waals surface area contributed by atoms with Crippen LogP contribution in [0.1, 0.15) is 0 Å². The van der Waals surface area contributed by atoms with E-state index in [1.54, 1.807) is 0 Å². The number of nitrogens with two attached hydrogens (primary N) is 1. The maximum Gasteiger partial charge on any atom is 0.293 e. The average molecular weight is 206 g/mol.